The quantitative estimate of drug-likeness (QED) is 0.607. The van der Waals surface area contributed by atoms with Crippen LogP contribution in [-0.2, 0) is 11.0 Å². The standard InChI is InChI=1S/C22H22ClF3N4O2/c23-17-10-16(22(24,25)26)11-28-20(17)30-7-1-2-13(12-30)8-18(31)15-5-6-27-19(9-15)29-21(32)14-3-4-14/h5-6,9-11,13-14H,1-4,7-8,12H2,(H,27,29,32)/t13-/m0/s1. The molecule has 1 N–H and O–H groups in total. The van der Waals surface area contributed by atoms with Gasteiger partial charge in [-0.3, -0.25) is 9.59 Å². The lowest BCUT2D eigenvalue weighted by Gasteiger charge is -2.34. The molecule has 10 heteroatoms. The number of ketones is 1. The summed E-state index contributed by atoms with van der Waals surface area (Å²) in [6.07, 6.45) is 1.38. The minimum absolute atomic E-state index is 0.00841. The molecule has 1 saturated heterocycles. The van der Waals surface area contributed by atoms with E-state index in [0.29, 0.717) is 30.3 Å². The zero-order valence-corrected chi connectivity index (χ0v) is 17.9. The average Bonchev–Trinajstić information content (AvgIpc) is 3.59. The van der Waals surface area contributed by atoms with E-state index in [1.54, 1.807) is 12.1 Å². The molecule has 1 atom stereocenters. The lowest BCUT2D eigenvalue weighted by Crippen LogP contribution is -2.37. The van der Waals surface area contributed by atoms with E-state index in [2.05, 4.69) is 15.3 Å². The SMILES string of the molecule is O=C(C[C@@H]1CCCN(c2ncc(C(F)(F)F)cc2Cl)C1)c1ccnc(NC(=O)C2CC2)c1. The van der Waals surface area contributed by atoms with Crippen LogP contribution in [0.4, 0.5) is 24.8 Å². The molecule has 0 unspecified atom stereocenters. The van der Waals surface area contributed by atoms with Gasteiger partial charge >= 0.3 is 6.18 Å². The van der Waals surface area contributed by atoms with Crippen molar-refractivity contribution in [1.82, 2.24) is 9.97 Å². The van der Waals surface area contributed by atoms with Gasteiger partial charge in [0.2, 0.25) is 5.91 Å². The van der Waals surface area contributed by atoms with Gasteiger partial charge in [-0.15, -0.1) is 0 Å². The summed E-state index contributed by atoms with van der Waals surface area (Å²) in [5.74, 6) is 0.548. The first-order chi connectivity index (χ1) is 15.2. The first-order valence-corrected chi connectivity index (χ1v) is 10.9. The van der Waals surface area contributed by atoms with Crippen LogP contribution in [0.1, 0.15) is 48.0 Å². The van der Waals surface area contributed by atoms with Gasteiger partial charge in [-0.1, -0.05) is 11.6 Å². The number of amides is 1. The summed E-state index contributed by atoms with van der Waals surface area (Å²) in [5, 5.41) is 2.68. The predicted molar refractivity (Wildman–Crippen MR) is 114 cm³/mol. The van der Waals surface area contributed by atoms with Crippen molar-refractivity contribution in [2.24, 2.45) is 11.8 Å². The minimum Gasteiger partial charge on any atom is -0.355 e. The van der Waals surface area contributed by atoms with Crippen molar-refractivity contribution >= 4 is 34.9 Å². The number of pyridine rings is 2. The topological polar surface area (TPSA) is 75.2 Å². The van der Waals surface area contributed by atoms with Gasteiger partial charge in [0, 0.05) is 43.4 Å². The second-order valence-corrected chi connectivity index (χ2v) is 8.71. The molecule has 170 valence electrons. The summed E-state index contributed by atoms with van der Waals surface area (Å²) in [4.78, 5) is 34.6. The van der Waals surface area contributed by atoms with Gasteiger partial charge in [0.05, 0.1) is 10.6 Å². The molecule has 1 aliphatic heterocycles. The Morgan fingerprint density at radius 3 is 2.66 bits per heavy atom. The van der Waals surface area contributed by atoms with Gasteiger partial charge in [-0.25, -0.2) is 9.97 Å². The monoisotopic (exact) mass is 466 g/mol. The number of hydrogen-bond acceptors (Lipinski definition) is 5. The molecule has 2 aromatic rings. The Bertz CT molecular complexity index is 1030. The number of aromatic nitrogens is 2. The molecule has 1 amide bonds. The maximum atomic E-state index is 12.9. The number of nitrogens with one attached hydrogen (secondary N) is 1. The molecular formula is C22H22ClF3N4O2. The molecule has 0 radical (unpaired) electrons. The third kappa shape index (κ3) is 5.38. The highest BCUT2D eigenvalue weighted by Gasteiger charge is 2.33. The molecule has 6 nitrogen and oxygen atoms in total. The number of Topliss-reactive ketones (excluding diaryl/α,β-unsaturated/α-hetero) is 1. The lowest BCUT2D eigenvalue weighted by molar-refractivity contribution is -0.137. The number of halogens is 4. The first kappa shape index (κ1) is 22.5. The molecule has 2 aliphatic rings. The average molecular weight is 467 g/mol. The smallest absolute Gasteiger partial charge is 0.355 e. The Labute approximate surface area is 188 Å². The van der Waals surface area contributed by atoms with E-state index in [0.717, 1.165) is 37.9 Å². The van der Waals surface area contributed by atoms with Crippen molar-refractivity contribution in [3.05, 3.63) is 46.7 Å². The van der Waals surface area contributed by atoms with Crippen LogP contribution >= 0.6 is 11.6 Å². The second-order valence-electron chi connectivity index (χ2n) is 8.30. The van der Waals surface area contributed by atoms with E-state index < -0.39 is 11.7 Å². The number of piperidine rings is 1. The molecule has 3 heterocycles. The van der Waals surface area contributed by atoms with Crippen LogP contribution < -0.4 is 10.2 Å². The number of carbonyl (C=O) groups excluding carboxylic acids is 2. The van der Waals surface area contributed by atoms with E-state index in [9.17, 15) is 22.8 Å². The fraction of sp³-hybridized carbons (Fsp3) is 0.455. The number of alkyl halides is 3. The van der Waals surface area contributed by atoms with Gasteiger partial charge in [0.15, 0.2) is 5.78 Å². The van der Waals surface area contributed by atoms with Crippen LogP contribution in [-0.4, -0.2) is 34.7 Å². The van der Waals surface area contributed by atoms with E-state index in [1.807, 2.05) is 4.90 Å². The molecule has 0 aromatic carbocycles. The maximum absolute atomic E-state index is 12.9. The Kier molecular flexibility index (Phi) is 6.37. The number of nitrogens with zero attached hydrogens (tertiary/aromatic N) is 3. The fourth-order valence-corrected chi connectivity index (χ4v) is 4.15. The number of rotatable bonds is 6. The molecule has 2 aromatic heterocycles. The highest BCUT2D eigenvalue weighted by molar-refractivity contribution is 6.33. The van der Waals surface area contributed by atoms with Crippen LogP contribution in [0, 0.1) is 11.8 Å². The summed E-state index contributed by atoms with van der Waals surface area (Å²) >= 11 is 6.09. The number of anilines is 2. The van der Waals surface area contributed by atoms with Crippen LogP contribution in [0.3, 0.4) is 0 Å². The van der Waals surface area contributed by atoms with E-state index >= 15 is 0 Å². The fourth-order valence-electron chi connectivity index (χ4n) is 3.87. The largest absolute Gasteiger partial charge is 0.417 e. The lowest BCUT2D eigenvalue weighted by atomic mass is 9.91. The summed E-state index contributed by atoms with van der Waals surface area (Å²) in [7, 11) is 0. The normalized spacial score (nSPS) is 19.0. The highest BCUT2D eigenvalue weighted by Crippen LogP contribution is 2.35. The molecular weight excluding hydrogens is 445 g/mol. The maximum Gasteiger partial charge on any atom is 0.417 e. The first-order valence-electron chi connectivity index (χ1n) is 10.5. The van der Waals surface area contributed by atoms with Crippen molar-refractivity contribution in [2.75, 3.05) is 23.3 Å². The molecule has 1 saturated carbocycles. The number of hydrogen-bond donors (Lipinski definition) is 1. The van der Waals surface area contributed by atoms with Crippen molar-refractivity contribution in [3.63, 3.8) is 0 Å². The number of carbonyl (C=O) groups is 2. The highest BCUT2D eigenvalue weighted by atomic mass is 35.5. The van der Waals surface area contributed by atoms with Gasteiger partial charge in [-0.2, -0.15) is 13.2 Å². The van der Waals surface area contributed by atoms with Crippen LogP contribution in [0.5, 0.6) is 0 Å². The Morgan fingerprint density at radius 2 is 1.97 bits per heavy atom. The Morgan fingerprint density at radius 1 is 1.19 bits per heavy atom. The van der Waals surface area contributed by atoms with E-state index in [-0.39, 0.29) is 35.0 Å². The van der Waals surface area contributed by atoms with Crippen molar-refractivity contribution in [3.8, 4) is 0 Å². The van der Waals surface area contributed by atoms with E-state index in [1.165, 1.54) is 6.20 Å². The van der Waals surface area contributed by atoms with Crippen molar-refractivity contribution in [2.45, 2.75) is 38.3 Å². The summed E-state index contributed by atoms with van der Waals surface area (Å²) in [6.45, 7) is 1.08. The van der Waals surface area contributed by atoms with Crippen molar-refractivity contribution in [1.29, 1.82) is 0 Å². The molecule has 1 aliphatic carbocycles. The van der Waals surface area contributed by atoms with Crippen LogP contribution in [0.15, 0.2) is 30.6 Å². The van der Waals surface area contributed by atoms with Crippen LogP contribution in [0.2, 0.25) is 5.02 Å². The predicted octanol–water partition coefficient (Wildman–Crippen LogP) is 4.99. The Hall–Kier alpha value is -2.68. The minimum atomic E-state index is -4.51. The van der Waals surface area contributed by atoms with Crippen LogP contribution in [0.25, 0.3) is 0 Å². The third-order valence-electron chi connectivity index (χ3n) is 5.72. The van der Waals surface area contributed by atoms with Gasteiger partial charge < -0.3 is 10.2 Å². The summed E-state index contributed by atoms with van der Waals surface area (Å²) in [6, 6.07) is 4.08. The summed E-state index contributed by atoms with van der Waals surface area (Å²) < 4.78 is 38.6. The molecule has 2 fully saturated rings. The van der Waals surface area contributed by atoms with Gasteiger partial charge in [0.1, 0.15) is 11.6 Å². The zero-order valence-electron chi connectivity index (χ0n) is 17.2. The van der Waals surface area contributed by atoms with Gasteiger partial charge in [0.25, 0.3) is 0 Å². The molecule has 32 heavy (non-hydrogen) atoms. The Balaban J connectivity index is 1.40. The zero-order chi connectivity index (χ0) is 22.9. The third-order valence-corrected chi connectivity index (χ3v) is 6.00. The van der Waals surface area contributed by atoms with Gasteiger partial charge in [-0.05, 0) is 49.8 Å². The summed E-state index contributed by atoms with van der Waals surface area (Å²) in [5.41, 5.74) is -0.425. The second kappa shape index (κ2) is 9.05. The van der Waals surface area contributed by atoms with E-state index in [4.69, 9.17) is 11.6 Å². The molecule has 4 rings (SSSR count). The van der Waals surface area contributed by atoms with Crippen molar-refractivity contribution < 1.29 is 22.8 Å². The molecule has 0 bridgehead atoms. The molecule has 0 spiro atoms.